The summed E-state index contributed by atoms with van der Waals surface area (Å²) in [5, 5.41) is 0.539. The van der Waals surface area contributed by atoms with E-state index >= 15 is 0 Å². The molecule has 0 aromatic carbocycles. The normalized spacial score (nSPS) is 19.0. The quantitative estimate of drug-likeness (QED) is 0.824. The van der Waals surface area contributed by atoms with Crippen LogP contribution in [0, 0.1) is 13.8 Å². The van der Waals surface area contributed by atoms with Crippen LogP contribution in [0.25, 0.3) is 10.2 Å². The first-order valence-electron chi connectivity index (χ1n) is 9.33. The number of fused-ring (bicyclic) bond motifs is 1. The van der Waals surface area contributed by atoms with E-state index in [2.05, 4.69) is 29.0 Å². The maximum atomic E-state index is 12.8. The Hall–Kier alpha value is -1.38. The number of piperidine rings is 1. The lowest BCUT2D eigenvalue weighted by Crippen LogP contribution is -2.49. The van der Waals surface area contributed by atoms with E-state index < -0.39 is 0 Å². The van der Waals surface area contributed by atoms with Crippen LogP contribution < -0.4 is 5.56 Å². The Kier molecular flexibility index (Phi) is 6.28. The summed E-state index contributed by atoms with van der Waals surface area (Å²) in [6, 6.07) is 0.436. The second-order valence-electron chi connectivity index (χ2n) is 7.47. The zero-order chi connectivity index (χ0) is 19.7. The van der Waals surface area contributed by atoms with Gasteiger partial charge in [0.1, 0.15) is 10.7 Å². The van der Waals surface area contributed by atoms with E-state index in [-0.39, 0.29) is 16.7 Å². The number of hydrogen-bond donors (Lipinski definition) is 1. The number of rotatable bonds is 5. The standard InChI is InChI=1S/C19H28N4O2S2/c1-11-12(2)27-18-16(11)17(24)20-15(21-18)10-26-13(3)19(25)23-8-6-7-14(9-23)22(4)5/h13-14H,6-10H2,1-5H3,(H,20,21,24). The van der Waals surface area contributed by atoms with Crippen molar-refractivity contribution in [2.45, 2.75) is 50.7 Å². The van der Waals surface area contributed by atoms with Crippen LogP contribution in [-0.2, 0) is 10.5 Å². The molecule has 6 nitrogen and oxygen atoms in total. The molecule has 1 saturated heterocycles. The van der Waals surface area contributed by atoms with Crippen LogP contribution in [-0.4, -0.2) is 64.2 Å². The van der Waals surface area contributed by atoms with Crippen molar-refractivity contribution < 1.29 is 4.79 Å². The molecule has 1 aliphatic heterocycles. The maximum Gasteiger partial charge on any atom is 0.259 e. The third-order valence-corrected chi connectivity index (χ3v) is 7.59. The van der Waals surface area contributed by atoms with Gasteiger partial charge < -0.3 is 14.8 Å². The second kappa shape index (κ2) is 8.32. The Bertz CT molecular complexity index is 890. The maximum absolute atomic E-state index is 12.8. The van der Waals surface area contributed by atoms with Crippen molar-refractivity contribution in [3.8, 4) is 0 Å². The van der Waals surface area contributed by atoms with Gasteiger partial charge in [-0.1, -0.05) is 0 Å². The van der Waals surface area contributed by atoms with E-state index in [1.165, 1.54) is 11.8 Å². The van der Waals surface area contributed by atoms with Gasteiger partial charge in [0.2, 0.25) is 5.91 Å². The number of thioether (sulfide) groups is 1. The molecular weight excluding hydrogens is 380 g/mol. The van der Waals surface area contributed by atoms with Crippen LogP contribution in [0.2, 0.25) is 0 Å². The molecule has 2 aromatic rings. The Morgan fingerprint density at radius 3 is 2.89 bits per heavy atom. The van der Waals surface area contributed by atoms with Gasteiger partial charge >= 0.3 is 0 Å². The highest BCUT2D eigenvalue weighted by molar-refractivity contribution is 7.99. The van der Waals surface area contributed by atoms with Crippen LogP contribution in [0.5, 0.6) is 0 Å². The first-order valence-corrected chi connectivity index (χ1v) is 11.2. The Morgan fingerprint density at radius 2 is 2.19 bits per heavy atom. The first-order chi connectivity index (χ1) is 12.8. The van der Waals surface area contributed by atoms with Gasteiger partial charge in [0, 0.05) is 24.0 Å². The summed E-state index contributed by atoms with van der Waals surface area (Å²) < 4.78 is 0. The molecule has 0 saturated carbocycles. The average Bonchev–Trinajstić information content (AvgIpc) is 2.93. The monoisotopic (exact) mass is 408 g/mol. The molecule has 8 heteroatoms. The summed E-state index contributed by atoms with van der Waals surface area (Å²) in [7, 11) is 4.14. The Morgan fingerprint density at radius 1 is 1.44 bits per heavy atom. The lowest BCUT2D eigenvalue weighted by molar-refractivity contribution is -0.132. The van der Waals surface area contributed by atoms with Crippen molar-refractivity contribution in [1.29, 1.82) is 0 Å². The van der Waals surface area contributed by atoms with Crippen molar-refractivity contribution in [3.63, 3.8) is 0 Å². The molecule has 3 rings (SSSR count). The molecule has 0 aliphatic carbocycles. The van der Waals surface area contributed by atoms with Crippen molar-refractivity contribution in [3.05, 3.63) is 26.6 Å². The first kappa shape index (κ1) is 20.4. The van der Waals surface area contributed by atoms with Gasteiger partial charge in [0.05, 0.1) is 16.4 Å². The molecule has 1 fully saturated rings. The van der Waals surface area contributed by atoms with Crippen molar-refractivity contribution in [2.24, 2.45) is 0 Å². The number of amides is 1. The average molecular weight is 409 g/mol. The number of nitrogens with zero attached hydrogens (tertiary/aromatic N) is 3. The fourth-order valence-electron chi connectivity index (χ4n) is 3.48. The van der Waals surface area contributed by atoms with Gasteiger partial charge in [-0.05, 0) is 53.3 Å². The van der Waals surface area contributed by atoms with E-state index in [0.29, 0.717) is 23.0 Å². The molecule has 0 bridgehead atoms. The Balaban J connectivity index is 1.65. The van der Waals surface area contributed by atoms with E-state index in [4.69, 9.17) is 0 Å². The molecule has 1 aliphatic rings. The number of aryl methyl sites for hydroxylation is 2. The number of hydrogen-bond acceptors (Lipinski definition) is 6. The lowest BCUT2D eigenvalue weighted by atomic mass is 10.0. The minimum absolute atomic E-state index is 0.0821. The fraction of sp³-hybridized carbons (Fsp3) is 0.632. The number of likely N-dealkylation sites (N-methyl/N-ethyl adjacent to an activating group) is 1. The molecule has 148 valence electrons. The molecule has 1 N–H and O–H groups in total. The Labute approximate surface area is 168 Å². The highest BCUT2D eigenvalue weighted by Gasteiger charge is 2.28. The highest BCUT2D eigenvalue weighted by Crippen LogP contribution is 2.27. The number of thiophene rings is 1. The predicted molar refractivity (Wildman–Crippen MR) is 114 cm³/mol. The molecule has 1 amide bonds. The van der Waals surface area contributed by atoms with E-state index in [0.717, 1.165) is 41.2 Å². The highest BCUT2D eigenvalue weighted by atomic mass is 32.2. The van der Waals surface area contributed by atoms with E-state index in [9.17, 15) is 9.59 Å². The number of aromatic nitrogens is 2. The van der Waals surface area contributed by atoms with Gasteiger partial charge in [-0.2, -0.15) is 0 Å². The molecule has 2 unspecified atom stereocenters. The van der Waals surface area contributed by atoms with Crippen LogP contribution in [0.15, 0.2) is 4.79 Å². The smallest absolute Gasteiger partial charge is 0.259 e. The van der Waals surface area contributed by atoms with Gasteiger partial charge in [-0.3, -0.25) is 9.59 Å². The van der Waals surface area contributed by atoms with Gasteiger partial charge in [-0.25, -0.2) is 4.98 Å². The molecule has 27 heavy (non-hydrogen) atoms. The molecule has 0 radical (unpaired) electrons. The van der Waals surface area contributed by atoms with Gasteiger partial charge in [0.25, 0.3) is 5.56 Å². The largest absolute Gasteiger partial charge is 0.340 e. The lowest BCUT2D eigenvalue weighted by Gasteiger charge is -2.37. The van der Waals surface area contributed by atoms with Crippen molar-refractivity contribution in [1.82, 2.24) is 19.8 Å². The summed E-state index contributed by atoms with van der Waals surface area (Å²) in [6.07, 6.45) is 2.19. The zero-order valence-corrected chi connectivity index (χ0v) is 18.3. The molecule has 3 heterocycles. The van der Waals surface area contributed by atoms with E-state index in [1.54, 1.807) is 11.3 Å². The minimum atomic E-state index is -0.154. The summed E-state index contributed by atoms with van der Waals surface area (Å²) in [5.41, 5.74) is 0.924. The zero-order valence-electron chi connectivity index (χ0n) is 16.7. The van der Waals surface area contributed by atoms with Crippen LogP contribution in [0.3, 0.4) is 0 Å². The number of nitrogens with one attached hydrogen (secondary N) is 1. The minimum Gasteiger partial charge on any atom is -0.340 e. The molecule has 2 aromatic heterocycles. The molecular formula is C19H28N4O2S2. The van der Waals surface area contributed by atoms with Crippen LogP contribution in [0.4, 0.5) is 0 Å². The van der Waals surface area contributed by atoms with Crippen molar-refractivity contribution in [2.75, 3.05) is 27.2 Å². The number of aromatic amines is 1. The summed E-state index contributed by atoms with van der Waals surface area (Å²) in [4.78, 5) is 38.8. The SMILES string of the molecule is Cc1sc2nc(CSC(C)C(=O)N3CCCC(N(C)C)C3)[nH]c(=O)c2c1C. The topological polar surface area (TPSA) is 69.3 Å². The number of likely N-dealkylation sites (tertiary alicyclic amines) is 1. The molecule has 0 spiro atoms. The van der Waals surface area contributed by atoms with Crippen LogP contribution in [0.1, 0.15) is 36.0 Å². The summed E-state index contributed by atoms with van der Waals surface area (Å²) >= 11 is 3.09. The summed E-state index contributed by atoms with van der Waals surface area (Å²) in [5.74, 6) is 1.35. The van der Waals surface area contributed by atoms with Gasteiger partial charge in [0.15, 0.2) is 0 Å². The number of H-pyrrole nitrogens is 1. The second-order valence-corrected chi connectivity index (χ2v) is 10.0. The number of carbonyl (C=O) groups is 1. The van der Waals surface area contributed by atoms with E-state index in [1.807, 2.05) is 25.7 Å². The third-order valence-electron chi connectivity index (χ3n) is 5.34. The predicted octanol–water partition coefficient (Wildman–Crippen LogP) is 2.78. The summed E-state index contributed by atoms with van der Waals surface area (Å²) in [6.45, 7) is 7.55. The van der Waals surface area contributed by atoms with Crippen molar-refractivity contribution >= 4 is 39.2 Å². The van der Waals surface area contributed by atoms with Crippen LogP contribution >= 0.6 is 23.1 Å². The third kappa shape index (κ3) is 4.38. The molecule has 2 atom stereocenters. The van der Waals surface area contributed by atoms with Gasteiger partial charge in [-0.15, -0.1) is 23.1 Å². The number of carbonyl (C=O) groups excluding carboxylic acids is 1. The fourth-order valence-corrected chi connectivity index (χ4v) is 5.36.